The first kappa shape index (κ1) is 20.8. The van der Waals surface area contributed by atoms with Gasteiger partial charge in [-0.15, -0.1) is 0 Å². The number of nitrogens with one attached hydrogen (secondary N) is 1. The zero-order valence-electron chi connectivity index (χ0n) is 15.6. The molecule has 0 atom stereocenters. The van der Waals surface area contributed by atoms with E-state index in [1.807, 2.05) is 0 Å². The van der Waals surface area contributed by atoms with Crippen LogP contribution < -0.4 is 5.32 Å². The van der Waals surface area contributed by atoms with E-state index in [9.17, 15) is 19.7 Å². The third-order valence-corrected chi connectivity index (χ3v) is 4.51. The molecule has 0 aliphatic rings. The molecule has 0 saturated carbocycles. The number of benzene rings is 2. The maximum Gasteiger partial charge on any atom is 0.337 e. The Labute approximate surface area is 175 Å². The van der Waals surface area contributed by atoms with Gasteiger partial charge < -0.3 is 14.8 Å². The predicted octanol–water partition coefficient (Wildman–Crippen LogP) is 5.17. The quantitative estimate of drug-likeness (QED) is 0.318. The SMILES string of the molecule is Cc1cc([N+](=O)[O-])ccc1-c1ccc(/C=C/C(=O)Nc2ccc(Cl)c(C(=O)O)c2)o1. The van der Waals surface area contributed by atoms with Gasteiger partial charge in [-0.1, -0.05) is 11.6 Å². The van der Waals surface area contributed by atoms with Crippen LogP contribution >= 0.6 is 11.6 Å². The minimum absolute atomic E-state index is 0.00662. The molecular formula is C21H15ClN2O6. The van der Waals surface area contributed by atoms with Gasteiger partial charge in [0.05, 0.1) is 15.5 Å². The molecule has 1 aromatic heterocycles. The van der Waals surface area contributed by atoms with Gasteiger partial charge in [0.2, 0.25) is 5.91 Å². The molecule has 0 fully saturated rings. The minimum atomic E-state index is -1.20. The second-order valence-corrected chi connectivity index (χ2v) is 6.69. The highest BCUT2D eigenvalue weighted by Gasteiger charge is 2.12. The lowest BCUT2D eigenvalue weighted by atomic mass is 10.1. The van der Waals surface area contributed by atoms with Crippen molar-refractivity contribution in [2.45, 2.75) is 6.92 Å². The number of nitro groups is 1. The topological polar surface area (TPSA) is 123 Å². The summed E-state index contributed by atoms with van der Waals surface area (Å²) in [7, 11) is 0. The van der Waals surface area contributed by atoms with Crippen molar-refractivity contribution in [3.05, 3.63) is 86.6 Å². The summed E-state index contributed by atoms with van der Waals surface area (Å²) in [5, 5.41) is 22.5. The lowest BCUT2D eigenvalue weighted by Crippen LogP contribution is -2.09. The maximum absolute atomic E-state index is 12.1. The van der Waals surface area contributed by atoms with Crippen molar-refractivity contribution < 1.29 is 24.0 Å². The molecule has 8 nitrogen and oxygen atoms in total. The Morgan fingerprint density at radius 2 is 1.93 bits per heavy atom. The van der Waals surface area contributed by atoms with Gasteiger partial charge in [0.1, 0.15) is 11.5 Å². The van der Waals surface area contributed by atoms with Crippen molar-refractivity contribution in [3.63, 3.8) is 0 Å². The highest BCUT2D eigenvalue weighted by atomic mass is 35.5. The Morgan fingerprint density at radius 3 is 2.60 bits per heavy atom. The van der Waals surface area contributed by atoms with Crippen LogP contribution in [0.5, 0.6) is 0 Å². The Kier molecular flexibility index (Phi) is 5.98. The number of carboxylic acid groups (broad SMARTS) is 1. The summed E-state index contributed by atoms with van der Waals surface area (Å²) in [5.41, 5.74) is 1.55. The maximum atomic E-state index is 12.1. The number of carbonyl (C=O) groups excluding carboxylic acids is 1. The molecule has 0 unspecified atom stereocenters. The van der Waals surface area contributed by atoms with E-state index in [0.29, 0.717) is 22.6 Å². The Balaban J connectivity index is 1.71. The van der Waals surface area contributed by atoms with Gasteiger partial charge in [0.25, 0.3) is 5.69 Å². The largest absolute Gasteiger partial charge is 0.478 e. The summed E-state index contributed by atoms with van der Waals surface area (Å²) in [6.07, 6.45) is 2.69. The first-order valence-electron chi connectivity index (χ1n) is 8.62. The van der Waals surface area contributed by atoms with Crippen LogP contribution in [0.3, 0.4) is 0 Å². The number of aryl methyl sites for hydroxylation is 1. The molecule has 9 heteroatoms. The number of halogens is 1. The van der Waals surface area contributed by atoms with Gasteiger partial charge in [0, 0.05) is 29.5 Å². The van der Waals surface area contributed by atoms with Crippen LogP contribution in [0, 0.1) is 17.0 Å². The van der Waals surface area contributed by atoms with Crippen molar-refractivity contribution >= 4 is 40.9 Å². The van der Waals surface area contributed by atoms with E-state index in [4.69, 9.17) is 21.1 Å². The number of nitrogens with zero attached hydrogens (tertiary/aromatic N) is 1. The Morgan fingerprint density at radius 1 is 1.17 bits per heavy atom. The number of rotatable bonds is 6. The Bertz CT molecular complexity index is 1180. The molecule has 0 bridgehead atoms. The molecule has 0 saturated heterocycles. The van der Waals surface area contributed by atoms with E-state index in [1.165, 1.54) is 42.5 Å². The smallest absolute Gasteiger partial charge is 0.337 e. The van der Waals surface area contributed by atoms with Gasteiger partial charge in [-0.3, -0.25) is 14.9 Å². The number of hydrogen-bond donors (Lipinski definition) is 2. The van der Waals surface area contributed by atoms with Crippen LogP contribution in [0.4, 0.5) is 11.4 Å². The van der Waals surface area contributed by atoms with Crippen LogP contribution in [0.25, 0.3) is 17.4 Å². The highest BCUT2D eigenvalue weighted by molar-refractivity contribution is 6.33. The normalized spacial score (nSPS) is 10.9. The van der Waals surface area contributed by atoms with Crippen molar-refractivity contribution in [2.24, 2.45) is 0 Å². The molecule has 30 heavy (non-hydrogen) atoms. The monoisotopic (exact) mass is 426 g/mol. The van der Waals surface area contributed by atoms with E-state index in [2.05, 4.69) is 5.32 Å². The van der Waals surface area contributed by atoms with E-state index in [1.54, 1.807) is 25.1 Å². The van der Waals surface area contributed by atoms with E-state index in [0.717, 1.165) is 0 Å². The first-order chi connectivity index (χ1) is 14.2. The number of amides is 1. The van der Waals surface area contributed by atoms with Gasteiger partial charge in [0.15, 0.2) is 0 Å². The van der Waals surface area contributed by atoms with Crippen LogP contribution in [0.2, 0.25) is 5.02 Å². The number of anilines is 1. The molecule has 0 aliphatic heterocycles. The molecule has 3 rings (SSSR count). The summed E-state index contributed by atoms with van der Waals surface area (Å²) in [5.74, 6) is -0.777. The number of carboxylic acids is 1. The third-order valence-electron chi connectivity index (χ3n) is 4.18. The second kappa shape index (κ2) is 8.62. The molecule has 1 amide bonds. The number of aromatic carboxylic acids is 1. The molecule has 2 N–H and O–H groups in total. The molecule has 0 radical (unpaired) electrons. The molecule has 0 spiro atoms. The zero-order valence-corrected chi connectivity index (χ0v) is 16.3. The average Bonchev–Trinajstić information content (AvgIpc) is 3.16. The summed E-state index contributed by atoms with van der Waals surface area (Å²) >= 11 is 5.80. The number of furan rings is 1. The van der Waals surface area contributed by atoms with Crippen LogP contribution in [0.15, 0.2) is 59.0 Å². The lowest BCUT2D eigenvalue weighted by molar-refractivity contribution is -0.384. The molecular weight excluding hydrogens is 412 g/mol. The number of nitro benzene ring substituents is 1. The molecule has 2 aromatic carbocycles. The van der Waals surface area contributed by atoms with Crippen LogP contribution in [0.1, 0.15) is 21.7 Å². The fourth-order valence-corrected chi connectivity index (χ4v) is 2.93. The lowest BCUT2D eigenvalue weighted by Gasteiger charge is -2.05. The predicted molar refractivity (Wildman–Crippen MR) is 112 cm³/mol. The third kappa shape index (κ3) is 4.73. The summed E-state index contributed by atoms with van der Waals surface area (Å²) in [4.78, 5) is 33.6. The van der Waals surface area contributed by atoms with Gasteiger partial charge >= 0.3 is 5.97 Å². The van der Waals surface area contributed by atoms with E-state index >= 15 is 0 Å². The van der Waals surface area contributed by atoms with Gasteiger partial charge in [-0.2, -0.15) is 0 Å². The number of carbonyl (C=O) groups is 2. The minimum Gasteiger partial charge on any atom is -0.478 e. The standard InChI is InChI=1S/C21H15ClN2O6/c1-12-10-14(24(28)29)3-6-16(12)19-8-4-15(30-19)5-9-20(25)23-13-2-7-18(22)17(11-13)21(26)27/h2-11H,1H3,(H,23,25)(H,26,27)/b9-5+. The molecule has 3 aromatic rings. The zero-order chi connectivity index (χ0) is 21.8. The fraction of sp³-hybridized carbons (Fsp3) is 0.0476. The number of hydrogen-bond acceptors (Lipinski definition) is 5. The Hall–Kier alpha value is -3.91. The molecule has 1 heterocycles. The van der Waals surface area contributed by atoms with Crippen molar-refractivity contribution in [1.82, 2.24) is 0 Å². The van der Waals surface area contributed by atoms with Crippen molar-refractivity contribution in [1.29, 1.82) is 0 Å². The summed E-state index contributed by atoms with van der Waals surface area (Å²) < 4.78 is 5.69. The first-order valence-corrected chi connectivity index (χ1v) is 8.99. The highest BCUT2D eigenvalue weighted by Crippen LogP contribution is 2.29. The van der Waals surface area contributed by atoms with Gasteiger partial charge in [-0.05, 0) is 55.0 Å². The average molecular weight is 427 g/mol. The van der Waals surface area contributed by atoms with Crippen LogP contribution in [-0.2, 0) is 4.79 Å². The molecule has 0 aliphatic carbocycles. The summed E-state index contributed by atoms with van der Waals surface area (Å²) in [6.45, 7) is 1.74. The van der Waals surface area contributed by atoms with E-state index in [-0.39, 0.29) is 22.0 Å². The summed E-state index contributed by atoms with van der Waals surface area (Å²) in [6, 6.07) is 11.9. The molecule has 152 valence electrons. The van der Waals surface area contributed by atoms with E-state index < -0.39 is 16.8 Å². The van der Waals surface area contributed by atoms with Crippen molar-refractivity contribution in [3.8, 4) is 11.3 Å². The van der Waals surface area contributed by atoms with Crippen LogP contribution in [-0.4, -0.2) is 21.9 Å². The van der Waals surface area contributed by atoms with Crippen molar-refractivity contribution in [2.75, 3.05) is 5.32 Å². The fourth-order valence-electron chi connectivity index (χ4n) is 2.73. The second-order valence-electron chi connectivity index (χ2n) is 6.28. The van der Waals surface area contributed by atoms with Gasteiger partial charge in [-0.25, -0.2) is 4.79 Å². The number of non-ortho nitro benzene ring substituents is 1.